The van der Waals surface area contributed by atoms with Crippen molar-refractivity contribution in [3.63, 3.8) is 0 Å². The summed E-state index contributed by atoms with van der Waals surface area (Å²) in [5.74, 6) is 0. The molecular weight excluding hydrogens is 324 g/mol. The molecule has 0 aliphatic rings. The van der Waals surface area contributed by atoms with E-state index in [1.165, 1.54) is 0 Å². The van der Waals surface area contributed by atoms with Gasteiger partial charge in [-0.3, -0.25) is 0 Å². The molecular formula is C14H11Cl4N. The van der Waals surface area contributed by atoms with Crippen molar-refractivity contribution in [1.29, 1.82) is 0 Å². The van der Waals surface area contributed by atoms with E-state index in [-0.39, 0.29) is 6.04 Å². The third-order valence-electron chi connectivity index (χ3n) is 2.83. The fraction of sp³-hybridized carbons (Fsp3) is 0.143. The normalized spacial score (nSPS) is 12.5. The highest BCUT2D eigenvalue weighted by Gasteiger charge is 2.16. The van der Waals surface area contributed by atoms with E-state index in [4.69, 9.17) is 46.4 Å². The van der Waals surface area contributed by atoms with Gasteiger partial charge in [-0.1, -0.05) is 52.5 Å². The van der Waals surface area contributed by atoms with E-state index in [0.29, 0.717) is 20.1 Å². The van der Waals surface area contributed by atoms with Crippen molar-refractivity contribution in [3.8, 4) is 0 Å². The Hall–Kier alpha value is -0.440. The zero-order valence-corrected chi connectivity index (χ0v) is 13.1. The van der Waals surface area contributed by atoms with Crippen LogP contribution in [-0.2, 0) is 0 Å². The van der Waals surface area contributed by atoms with Gasteiger partial charge >= 0.3 is 0 Å². The van der Waals surface area contributed by atoms with E-state index < -0.39 is 0 Å². The third kappa shape index (κ3) is 3.36. The summed E-state index contributed by atoms with van der Waals surface area (Å²) in [7, 11) is 1.85. The Labute approximate surface area is 132 Å². The standard InChI is InChI=1S/C14H11Cl4N/c1-19-14(8-2-4-12(17)13(18)6-8)10-7-9(15)3-5-11(10)16/h2-7,14,19H,1H3. The van der Waals surface area contributed by atoms with E-state index in [1.54, 1.807) is 18.2 Å². The fourth-order valence-electron chi connectivity index (χ4n) is 1.93. The van der Waals surface area contributed by atoms with Gasteiger partial charge in [0.1, 0.15) is 0 Å². The lowest BCUT2D eigenvalue weighted by atomic mass is 9.99. The van der Waals surface area contributed by atoms with Gasteiger partial charge in [0.15, 0.2) is 0 Å². The van der Waals surface area contributed by atoms with Gasteiger partial charge in [0.25, 0.3) is 0 Å². The first kappa shape index (κ1) is 15.0. The van der Waals surface area contributed by atoms with Gasteiger partial charge < -0.3 is 5.32 Å². The molecule has 0 saturated heterocycles. The minimum Gasteiger partial charge on any atom is -0.309 e. The monoisotopic (exact) mass is 333 g/mol. The third-order valence-corrected chi connectivity index (χ3v) is 4.15. The number of hydrogen-bond acceptors (Lipinski definition) is 1. The van der Waals surface area contributed by atoms with Crippen LogP contribution >= 0.6 is 46.4 Å². The van der Waals surface area contributed by atoms with Gasteiger partial charge in [-0.05, 0) is 48.5 Å². The topological polar surface area (TPSA) is 12.0 Å². The van der Waals surface area contributed by atoms with Gasteiger partial charge in [-0.25, -0.2) is 0 Å². The second-order valence-corrected chi connectivity index (χ2v) is 5.72. The van der Waals surface area contributed by atoms with Crippen LogP contribution in [-0.4, -0.2) is 7.05 Å². The molecule has 0 bridgehead atoms. The predicted octanol–water partition coefficient (Wildman–Crippen LogP) is 5.61. The van der Waals surface area contributed by atoms with Crippen LogP contribution in [0.2, 0.25) is 20.1 Å². The Balaban J connectivity index is 2.49. The van der Waals surface area contributed by atoms with Crippen molar-refractivity contribution in [3.05, 3.63) is 67.6 Å². The molecule has 0 saturated carbocycles. The minimum absolute atomic E-state index is 0.0963. The molecule has 5 heteroatoms. The Bertz CT molecular complexity index is 598. The zero-order valence-electron chi connectivity index (χ0n) is 10.1. The molecule has 0 spiro atoms. The van der Waals surface area contributed by atoms with Crippen molar-refractivity contribution >= 4 is 46.4 Å². The molecule has 1 nitrogen and oxygen atoms in total. The van der Waals surface area contributed by atoms with E-state index in [0.717, 1.165) is 11.1 Å². The van der Waals surface area contributed by atoms with Crippen LogP contribution in [0.3, 0.4) is 0 Å². The molecule has 0 aromatic heterocycles. The highest BCUT2D eigenvalue weighted by molar-refractivity contribution is 6.42. The van der Waals surface area contributed by atoms with Crippen molar-refractivity contribution in [2.75, 3.05) is 7.05 Å². The quantitative estimate of drug-likeness (QED) is 0.769. The van der Waals surface area contributed by atoms with Crippen LogP contribution in [0.4, 0.5) is 0 Å². The smallest absolute Gasteiger partial charge is 0.0595 e. The summed E-state index contributed by atoms with van der Waals surface area (Å²) in [4.78, 5) is 0. The Morgan fingerprint density at radius 1 is 0.842 bits per heavy atom. The molecule has 1 unspecified atom stereocenters. The maximum atomic E-state index is 6.23. The fourth-order valence-corrected chi connectivity index (χ4v) is 2.64. The first-order valence-corrected chi connectivity index (χ1v) is 7.11. The number of rotatable bonds is 3. The first-order valence-electron chi connectivity index (χ1n) is 5.60. The van der Waals surface area contributed by atoms with Crippen LogP contribution < -0.4 is 5.32 Å². The molecule has 1 atom stereocenters. The van der Waals surface area contributed by atoms with E-state index in [2.05, 4.69) is 5.32 Å². The summed E-state index contributed by atoms with van der Waals surface area (Å²) in [6.45, 7) is 0. The molecule has 0 aliphatic carbocycles. The number of nitrogens with one attached hydrogen (secondary N) is 1. The van der Waals surface area contributed by atoms with Gasteiger partial charge in [0.05, 0.1) is 16.1 Å². The summed E-state index contributed by atoms with van der Waals surface area (Å²) in [6.07, 6.45) is 0. The summed E-state index contributed by atoms with van der Waals surface area (Å²) in [5.41, 5.74) is 1.87. The maximum Gasteiger partial charge on any atom is 0.0595 e. The van der Waals surface area contributed by atoms with Crippen LogP contribution in [0.15, 0.2) is 36.4 Å². The second-order valence-electron chi connectivity index (χ2n) is 4.06. The van der Waals surface area contributed by atoms with Gasteiger partial charge in [0, 0.05) is 10.0 Å². The molecule has 0 amide bonds. The lowest BCUT2D eigenvalue weighted by molar-refractivity contribution is 0.692. The number of hydrogen-bond donors (Lipinski definition) is 1. The lowest BCUT2D eigenvalue weighted by Gasteiger charge is -2.19. The molecule has 100 valence electrons. The Kier molecular flexibility index (Phi) is 4.99. The zero-order chi connectivity index (χ0) is 14.0. The molecule has 2 aromatic rings. The van der Waals surface area contributed by atoms with Crippen molar-refractivity contribution in [2.24, 2.45) is 0 Å². The van der Waals surface area contributed by atoms with E-state index in [9.17, 15) is 0 Å². The lowest BCUT2D eigenvalue weighted by Crippen LogP contribution is -2.18. The van der Waals surface area contributed by atoms with E-state index in [1.807, 2.05) is 25.2 Å². The van der Waals surface area contributed by atoms with Crippen LogP contribution in [0.1, 0.15) is 17.2 Å². The van der Waals surface area contributed by atoms with Crippen molar-refractivity contribution < 1.29 is 0 Å². The highest BCUT2D eigenvalue weighted by Crippen LogP contribution is 2.33. The molecule has 0 heterocycles. The van der Waals surface area contributed by atoms with Crippen LogP contribution in [0.5, 0.6) is 0 Å². The average molecular weight is 335 g/mol. The average Bonchev–Trinajstić information content (AvgIpc) is 2.38. The van der Waals surface area contributed by atoms with Gasteiger partial charge in [-0.2, -0.15) is 0 Å². The first-order chi connectivity index (χ1) is 9.02. The molecule has 1 N–H and O–H groups in total. The van der Waals surface area contributed by atoms with Crippen LogP contribution in [0, 0.1) is 0 Å². The Morgan fingerprint density at radius 3 is 2.16 bits per heavy atom. The van der Waals surface area contributed by atoms with Gasteiger partial charge in [0.2, 0.25) is 0 Å². The molecule has 2 rings (SSSR count). The summed E-state index contributed by atoms with van der Waals surface area (Å²) >= 11 is 24.2. The molecule has 19 heavy (non-hydrogen) atoms. The van der Waals surface area contributed by atoms with Crippen molar-refractivity contribution in [1.82, 2.24) is 5.32 Å². The van der Waals surface area contributed by atoms with Crippen LogP contribution in [0.25, 0.3) is 0 Å². The van der Waals surface area contributed by atoms with E-state index >= 15 is 0 Å². The second kappa shape index (κ2) is 6.34. The predicted molar refractivity (Wildman–Crippen MR) is 83.8 cm³/mol. The van der Waals surface area contributed by atoms with Gasteiger partial charge in [-0.15, -0.1) is 0 Å². The summed E-state index contributed by atoms with van der Waals surface area (Å²) in [6, 6.07) is 10.8. The maximum absolute atomic E-state index is 6.23. The minimum atomic E-state index is -0.0963. The highest BCUT2D eigenvalue weighted by atomic mass is 35.5. The number of benzene rings is 2. The Morgan fingerprint density at radius 2 is 1.53 bits per heavy atom. The summed E-state index contributed by atoms with van der Waals surface area (Å²) < 4.78 is 0. The molecule has 0 radical (unpaired) electrons. The molecule has 0 aliphatic heterocycles. The summed E-state index contributed by atoms with van der Waals surface area (Å²) in [5, 5.41) is 5.53. The molecule has 0 fully saturated rings. The number of halogens is 4. The SMILES string of the molecule is CNC(c1ccc(Cl)c(Cl)c1)c1cc(Cl)ccc1Cl. The molecule has 2 aromatic carbocycles. The van der Waals surface area contributed by atoms with Crippen molar-refractivity contribution in [2.45, 2.75) is 6.04 Å². The largest absolute Gasteiger partial charge is 0.309 e.